The molecule has 0 heterocycles. The molecule has 0 aliphatic heterocycles. The highest BCUT2D eigenvalue weighted by atomic mass is 35.5. The van der Waals surface area contributed by atoms with E-state index >= 15 is 0 Å². The molecule has 1 fully saturated rings. The fourth-order valence-electron chi connectivity index (χ4n) is 2.13. The molecular weight excluding hydrogens is 240 g/mol. The van der Waals surface area contributed by atoms with Crippen LogP contribution in [0.3, 0.4) is 0 Å². The standard InChI is InChI=1S/C13H17ClO3/c1-7-4-9(5-8(2)12(7)14)17-11-6-10(15)13(11)16-3/h4-5,10-11,13,15H,6H2,1-3H3. The van der Waals surface area contributed by atoms with Crippen LogP contribution in [0.4, 0.5) is 0 Å². The minimum atomic E-state index is -0.417. The lowest BCUT2D eigenvalue weighted by molar-refractivity contribution is -0.149. The van der Waals surface area contributed by atoms with Gasteiger partial charge in [-0.05, 0) is 37.1 Å². The van der Waals surface area contributed by atoms with Crippen LogP contribution in [0.2, 0.25) is 5.02 Å². The van der Waals surface area contributed by atoms with Crippen molar-refractivity contribution in [3.8, 4) is 5.75 Å². The molecule has 1 aromatic carbocycles. The van der Waals surface area contributed by atoms with E-state index in [0.717, 1.165) is 21.9 Å². The second-order valence-corrected chi connectivity index (χ2v) is 4.91. The molecule has 0 bridgehead atoms. The summed E-state index contributed by atoms with van der Waals surface area (Å²) >= 11 is 6.09. The summed E-state index contributed by atoms with van der Waals surface area (Å²) in [5.74, 6) is 0.781. The zero-order valence-electron chi connectivity index (χ0n) is 10.2. The van der Waals surface area contributed by atoms with E-state index in [1.54, 1.807) is 7.11 Å². The Morgan fingerprint density at radius 2 is 1.88 bits per heavy atom. The van der Waals surface area contributed by atoms with Gasteiger partial charge in [-0.15, -0.1) is 0 Å². The molecule has 3 atom stereocenters. The third-order valence-corrected chi connectivity index (χ3v) is 3.79. The number of halogens is 1. The lowest BCUT2D eigenvalue weighted by Gasteiger charge is -2.40. The van der Waals surface area contributed by atoms with E-state index in [2.05, 4.69) is 0 Å². The van der Waals surface area contributed by atoms with E-state index in [4.69, 9.17) is 21.1 Å². The van der Waals surface area contributed by atoms with Gasteiger partial charge in [0, 0.05) is 18.6 Å². The number of methoxy groups -OCH3 is 1. The van der Waals surface area contributed by atoms with Crippen molar-refractivity contribution in [2.24, 2.45) is 0 Å². The maximum Gasteiger partial charge on any atom is 0.130 e. The number of benzene rings is 1. The quantitative estimate of drug-likeness (QED) is 0.903. The van der Waals surface area contributed by atoms with Crippen LogP contribution in [0.1, 0.15) is 17.5 Å². The molecule has 3 unspecified atom stereocenters. The number of ether oxygens (including phenoxy) is 2. The first-order valence-electron chi connectivity index (χ1n) is 5.67. The Labute approximate surface area is 106 Å². The fourth-order valence-corrected chi connectivity index (χ4v) is 2.24. The lowest BCUT2D eigenvalue weighted by Crippen LogP contribution is -2.54. The molecule has 0 spiro atoms. The Balaban J connectivity index is 2.10. The van der Waals surface area contributed by atoms with Crippen molar-refractivity contribution in [3.05, 3.63) is 28.3 Å². The summed E-state index contributed by atoms with van der Waals surface area (Å²) in [4.78, 5) is 0. The summed E-state index contributed by atoms with van der Waals surface area (Å²) in [6, 6.07) is 3.82. The van der Waals surface area contributed by atoms with E-state index in [0.29, 0.717) is 6.42 Å². The molecule has 2 rings (SSSR count). The minimum absolute atomic E-state index is 0.0741. The summed E-state index contributed by atoms with van der Waals surface area (Å²) in [6.45, 7) is 3.90. The Kier molecular flexibility index (Phi) is 3.61. The highest BCUT2D eigenvalue weighted by molar-refractivity contribution is 6.32. The van der Waals surface area contributed by atoms with Gasteiger partial charge < -0.3 is 14.6 Å². The van der Waals surface area contributed by atoms with Crippen LogP contribution in [-0.2, 0) is 4.74 Å². The van der Waals surface area contributed by atoms with Gasteiger partial charge in [0.2, 0.25) is 0 Å². The zero-order chi connectivity index (χ0) is 12.6. The van der Waals surface area contributed by atoms with Gasteiger partial charge >= 0.3 is 0 Å². The highest BCUT2D eigenvalue weighted by Crippen LogP contribution is 2.31. The summed E-state index contributed by atoms with van der Waals surface area (Å²) < 4.78 is 11.0. The maximum absolute atomic E-state index is 9.48. The summed E-state index contributed by atoms with van der Waals surface area (Å²) in [7, 11) is 1.59. The predicted molar refractivity (Wildman–Crippen MR) is 66.8 cm³/mol. The molecule has 1 aromatic rings. The predicted octanol–water partition coefficient (Wildman–Crippen LogP) is 2.48. The number of aliphatic hydroxyl groups is 1. The first-order valence-corrected chi connectivity index (χ1v) is 6.05. The van der Waals surface area contributed by atoms with Gasteiger partial charge in [-0.2, -0.15) is 0 Å². The van der Waals surface area contributed by atoms with Crippen molar-refractivity contribution in [1.82, 2.24) is 0 Å². The van der Waals surface area contributed by atoms with E-state index in [1.165, 1.54) is 0 Å². The van der Waals surface area contributed by atoms with Crippen LogP contribution in [0.25, 0.3) is 0 Å². The van der Waals surface area contributed by atoms with Crippen molar-refractivity contribution in [2.45, 2.75) is 38.6 Å². The zero-order valence-corrected chi connectivity index (χ0v) is 11.0. The maximum atomic E-state index is 9.48. The molecule has 0 saturated heterocycles. The van der Waals surface area contributed by atoms with Crippen molar-refractivity contribution < 1.29 is 14.6 Å². The summed E-state index contributed by atoms with van der Waals surface area (Å²) in [5.41, 5.74) is 1.99. The molecule has 1 aliphatic carbocycles. The second kappa shape index (κ2) is 4.84. The van der Waals surface area contributed by atoms with Crippen molar-refractivity contribution in [2.75, 3.05) is 7.11 Å². The Morgan fingerprint density at radius 1 is 1.29 bits per heavy atom. The number of hydrogen-bond donors (Lipinski definition) is 1. The number of hydrogen-bond acceptors (Lipinski definition) is 3. The topological polar surface area (TPSA) is 38.7 Å². The molecule has 0 aromatic heterocycles. The number of aliphatic hydroxyl groups excluding tert-OH is 1. The van der Waals surface area contributed by atoms with E-state index in [9.17, 15) is 5.11 Å². The molecule has 0 amide bonds. The minimum Gasteiger partial charge on any atom is -0.487 e. The average Bonchev–Trinajstić information content (AvgIpc) is 2.25. The molecule has 1 saturated carbocycles. The first-order chi connectivity index (χ1) is 8.02. The third-order valence-electron chi connectivity index (χ3n) is 3.19. The van der Waals surface area contributed by atoms with Gasteiger partial charge in [0.25, 0.3) is 0 Å². The van der Waals surface area contributed by atoms with Crippen LogP contribution in [0, 0.1) is 13.8 Å². The van der Waals surface area contributed by atoms with Crippen LogP contribution >= 0.6 is 11.6 Å². The Morgan fingerprint density at radius 3 is 2.35 bits per heavy atom. The van der Waals surface area contributed by atoms with Crippen LogP contribution in [0.5, 0.6) is 5.75 Å². The third kappa shape index (κ3) is 2.41. The van der Waals surface area contributed by atoms with E-state index in [1.807, 2.05) is 26.0 Å². The van der Waals surface area contributed by atoms with Gasteiger partial charge in [0.05, 0.1) is 6.10 Å². The Hall–Kier alpha value is -0.770. The van der Waals surface area contributed by atoms with E-state index in [-0.39, 0.29) is 12.2 Å². The number of aryl methyl sites for hydroxylation is 2. The van der Waals surface area contributed by atoms with Crippen molar-refractivity contribution in [3.63, 3.8) is 0 Å². The first kappa shape index (κ1) is 12.7. The largest absolute Gasteiger partial charge is 0.487 e. The molecule has 1 N–H and O–H groups in total. The molecule has 94 valence electrons. The average molecular weight is 257 g/mol. The SMILES string of the molecule is COC1C(O)CC1Oc1cc(C)c(Cl)c(C)c1. The van der Waals surface area contributed by atoms with Crippen molar-refractivity contribution in [1.29, 1.82) is 0 Å². The van der Waals surface area contributed by atoms with Crippen LogP contribution in [0.15, 0.2) is 12.1 Å². The van der Waals surface area contributed by atoms with Crippen LogP contribution < -0.4 is 4.74 Å². The van der Waals surface area contributed by atoms with Crippen molar-refractivity contribution >= 4 is 11.6 Å². The molecule has 3 nitrogen and oxygen atoms in total. The van der Waals surface area contributed by atoms with Gasteiger partial charge in [-0.3, -0.25) is 0 Å². The van der Waals surface area contributed by atoms with Gasteiger partial charge in [0.1, 0.15) is 18.0 Å². The highest BCUT2D eigenvalue weighted by Gasteiger charge is 2.42. The van der Waals surface area contributed by atoms with E-state index < -0.39 is 6.10 Å². The monoisotopic (exact) mass is 256 g/mol. The van der Waals surface area contributed by atoms with Gasteiger partial charge in [-0.1, -0.05) is 11.6 Å². The molecule has 4 heteroatoms. The molecule has 0 radical (unpaired) electrons. The molecule has 1 aliphatic rings. The number of rotatable bonds is 3. The Bertz CT molecular complexity index is 396. The normalized spacial score (nSPS) is 27.7. The molecular formula is C13H17ClO3. The van der Waals surface area contributed by atoms with Crippen LogP contribution in [-0.4, -0.2) is 30.5 Å². The van der Waals surface area contributed by atoms with Gasteiger partial charge in [-0.25, -0.2) is 0 Å². The summed E-state index contributed by atoms with van der Waals surface area (Å²) in [5, 5.41) is 10.3. The second-order valence-electron chi connectivity index (χ2n) is 4.53. The van der Waals surface area contributed by atoms with Gasteiger partial charge in [0.15, 0.2) is 0 Å². The fraction of sp³-hybridized carbons (Fsp3) is 0.538. The summed E-state index contributed by atoms with van der Waals surface area (Å²) in [6.07, 6.45) is -0.111. The lowest BCUT2D eigenvalue weighted by atomic mass is 9.88. The smallest absolute Gasteiger partial charge is 0.130 e. The molecule has 17 heavy (non-hydrogen) atoms.